The van der Waals surface area contributed by atoms with E-state index in [1.807, 2.05) is 6.26 Å². The van der Waals surface area contributed by atoms with E-state index >= 15 is 0 Å². The van der Waals surface area contributed by atoms with Gasteiger partial charge in [0, 0.05) is 11.3 Å². The molecule has 0 aliphatic carbocycles. The number of rotatable bonds is 9. The molecule has 0 aliphatic rings. The maximum atomic E-state index is 12.7. The van der Waals surface area contributed by atoms with Gasteiger partial charge in [0.05, 0.1) is 19.2 Å². The molecule has 0 spiro atoms. The minimum absolute atomic E-state index is 0.308. The summed E-state index contributed by atoms with van der Waals surface area (Å²) in [6, 6.07) is 11.0. The van der Waals surface area contributed by atoms with E-state index in [0.717, 1.165) is 5.75 Å². The van der Waals surface area contributed by atoms with E-state index in [-0.39, 0.29) is 11.8 Å². The number of hydrogen-bond acceptors (Lipinski definition) is 5. The summed E-state index contributed by atoms with van der Waals surface area (Å²) in [4.78, 5) is 25.3. The van der Waals surface area contributed by atoms with Crippen molar-refractivity contribution in [2.24, 2.45) is 0 Å². The highest BCUT2D eigenvalue weighted by Crippen LogP contribution is 2.27. The van der Waals surface area contributed by atoms with Crippen molar-refractivity contribution < 1.29 is 19.1 Å². The number of methoxy groups -OCH3 is 2. The Bertz CT molecular complexity index is 814. The Balaban J connectivity index is 2.09. The van der Waals surface area contributed by atoms with Crippen molar-refractivity contribution in [3.05, 3.63) is 53.1 Å². The van der Waals surface area contributed by atoms with Gasteiger partial charge in [-0.15, -0.1) is 0 Å². The predicted octanol–water partition coefficient (Wildman–Crippen LogP) is 3.85. The van der Waals surface area contributed by atoms with E-state index in [2.05, 4.69) is 10.6 Å². The molecule has 2 N–H and O–H groups in total. The van der Waals surface area contributed by atoms with Gasteiger partial charge in [-0.25, -0.2) is 0 Å². The Kier molecular flexibility index (Phi) is 8.47. The normalized spacial score (nSPS) is 11.4. The van der Waals surface area contributed by atoms with E-state index in [1.54, 1.807) is 61.3 Å². The van der Waals surface area contributed by atoms with Gasteiger partial charge in [-0.05, 0) is 60.9 Å². The van der Waals surface area contributed by atoms with Gasteiger partial charge < -0.3 is 20.1 Å². The zero-order chi connectivity index (χ0) is 20.5. The lowest BCUT2D eigenvalue weighted by molar-refractivity contribution is -0.118. The molecule has 28 heavy (non-hydrogen) atoms. The summed E-state index contributed by atoms with van der Waals surface area (Å²) in [7, 11) is 3.08. The van der Waals surface area contributed by atoms with Gasteiger partial charge in [0.2, 0.25) is 5.91 Å². The Morgan fingerprint density at radius 3 is 2.39 bits per heavy atom. The molecule has 0 aromatic heterocycles. The molecule has 150 valence electrons. The van der Waals surface area contributed by atoms with Crippen molar-refractivity contribution in [3.63, 3.8) is 0 Å². The Morgan fingerprint density at radius 2 is 1.82 bits per heavy atom. The standard InChI is InChI=1S/C20H23ClN2O4S/c1-26-15-7-4-13(5-8-15)19(24)23-17(10-11-28-3)20(25)22-14-6-9-18(27-2)16(21)12-14/h4-9,12,17H,10-11H2,1-3H3,(H,22,25)(H,23,24)/t17-/m0/s1. The number of benzene rings is 2. The van der Waals surface area contributed by atoms with E-state index in [1.165, 1.54) is 7.11 Å². The van der Waals surface area contributed by atoms with Crippen LogP contribution in [0.15, 0.2) is 42.5 Å². The van der Waals surface area contributed by atoms with Gasteiger partial charge in [0.25, 0.3) is 5.91 Å². The Hall–Kier alpha value is -2.38. The Labute approximate surface area is 173 Å². The summed E-state index contributed by atoms with van der Waals surface area (Å²) >= 11 is 7.71. The SMILES string of the molecule is COc1ccc(C(=O)N[C@@H](CCSC)C(=O)Nc2ccc(OC)c(Cl)c2)cc1. The molecular formula is C20H23ClN2O4S. The summed E-state index contributed by atoms with van der Waals surface area (Å²) in [6.07, 6.45) is 2.45. The minimum Gasteiger partial charge on any atom is -0.497 e. The lowest BCUT2D eigenvalue weighted by Crippen LogP contribution is -2.44. The number of anilines is 1. The van der Waals surface area contributed by atoms with E-state index in [9.17, 15) is 9.59 Å². The molecule has 2 rings (SSSR count). The first kappa shape index (κ1) is 21.9. The van der Waals surface area contributed by atoms with Crippen LogP contribution in [0.2, 0.25) is 5.02 Å². The largest absolute Gasteiger partial charge is 0.497 e. The highest BCUT2D eigenvalue weighted by Gasteiger charge is 2.21. The van der Waals surface area contributed by atoms with Crippen LogP contribution in [0.5, 0.6) is 11.5 Å². The van der Waals surface area contributed by atoms with Crippen molar-refractivity contribution in [2.75, 3.05) is 31.5 Å². The monoisotopic (exact) mass is 422 g/mol. The van der Waals surface area contributed by atoms with Gasteiger partial charge in [-0.3, -0.25) is 9.59 Å². The number of halogens is 1. The topological polar surface area (TPSA) is 76.7 Å². The summed E-state index contributed by atoms with van der Waals surface area (Å²) in [6.45, 7) is 0. The van der Waals surface area contributed by atoms with Gasteiger partial charge >= 0.3 is 0 Å². The summed E-state index contributed by atoms with van der Waals surface area (Å²) < 4.78 is 10.2. The minimum atomic E-state index is -0.678. The Morgan fingerprint density at radius 1 is 1.11 bits per heavy atom. The van der Waals surface area contributed by atoms with E-state index in [4.69, 9.17) is 21.1 Å². The smallest absolute Gasteiger partial charge is 0.251 e. The second-order valence-corrected chi connectivity index (χ2v) is 7.27. The molecule has 0 aliphatic heterocycles. The number of hydrogen-bond donors (Lipinski definition) is 2. The number of thioether (sulfide) groups is 1. The number of amides is 2. The maximum Gasteiger partial charge on any atom is 0.251 e. The maximum absolute atomic E-state index is 12.7. The predicted molar refractivity (Wildman–Crippen MR) is 114 cm³/mol. The lowest BCUT2D eigenvalue weighted by atomic mass is 10.1. The van der Waals surface area contributed by atoms with Crippen molar-refractivity contribution in [1.82, 2.24) is 5.32 Å². The summed E-state index contributed by atoms with van der Waals surface area (Å²) in [5, 5.41) is 5.99. The molecule has 0 radical (unpaired) electrons. The fourth-order valence-corrected chi connectivity index (χ4v) is 3.19. The van der Waals surface area contributed by atoms with Gasteiger partial charge in [-0.1, -0.05) is 11.6 Å². The van der Waals surface area contributed by atoms with Crippen LogP contribution >= 0.6 is 23.4 Å². The van der Waals surface area contributed by atoms with Crippen molar-refractivity contribution in [2.45, 2.75) is 12.5 Å². The van der Waals surface area contributed by atoms with Crippen LogP contribution in [0.1, 0.15) is 16.8 Å². The molecule has 2 aromatic carbocycles. The average Bonchev–Trinajstić information content (AvgIpc) is 2.71. The number of carbonyl (C=O) groups excluding carboxylic acids is 2. The van der Waals surface area contributed by atoms with Crippen molar-refractivity contribution in [1.29, 1.82) is 0 Å². The molecule has 0 saturated carbocycles. The summed E-state index contributed by atoms with van der Waals surface area (Å²) in [5.41, 5.74) is 0.985. The third-order valence-corrected chi connectivity index (χ3v) is 4.94. The van der Waals surface area contributed by atoms with Crippen LogP contribution in [0, 0.1) is 0 Å². The quantitative estimate of drug-likeness (QED) is 0.641. The third-order valence-electron chi connectivity index (χ3n) is 4.00. The van der Waals surface area contributed by atoms with Crippen molar-refractivity contribution in [3.8, 4) is 11.5 Å². The number of ether oxygens (including phenoxy) is 2. The first-order chi connectivity index (χ1) is 13.5. The van der Waals surface area contributed by atoms with Gasteiger partial charge in [-0.2, -0.15) is 11.8 Å². The second kappa shape index (κ2) is 10.8. The zero-order valence-corrected chi connectivity index (χ0v) is 17.5. The molecule has 0 heterocycles. The molecule has 0 bridgehead atoms. The van der Waals surface area contributed by atoms with Crippen LogP contribution < -0.4 is 20.1 Å². The molecule has 0 unspecified atom stereocenters. The fraction of sp³-hybridized carbons (Fsp3) is 0.300. The molecule has 8 heteroatoms. The van der Waals surface area contributed by atoms with Crippen LogP contribution in [-0.2, 0) is 4.79 Å². The van der Waals surface area contributed by atoms with E-state index < -0.39 is 6.04 Å². The van der Waals surface area contributed by atoms with Crippen LogP contribution in [0.4, 0.5) is 5.69 Å². The van der Waals surface area contributed by atoms with Crippen LogP contribution in [-0.4, -0.2) is 44.1 Å². The van der Waals surface area contributed by atoms with Gasteiger partial charge in [0.1, 0.15) is 17.5 Å². The molecule has 2 aromatic rings. The molecule has 2 amide bonds. The summed E-state index contributed by atoms with van der Waals surface area (Å²) in [5.74, 6) is 1.27. The van der Waals surface area contributed by atoms with Crippen molar-refractivity contribution >= 4 is 40.9 Å². The number of carbonyl (C=O) groups is 2. The van der Waals surface area contributed by atoms with Gasteiger partial charge in [0.15, 0.2) is 0 Å². The first-order valence-corrected chi connectivity index (χ1v) is 10.3. The highest BCUT2D eigenvalue weighted by atomic mass is 35.5. The van der Waals surface area contributed by atoms with Crippen LogP contribution in [0.25, 0.3) is 0 Å². The fourth-order valence-electron chi connectivity index (χ4n) is 2.46. The lowest BCUT2D eigenvalue weighted by Gasteiger charge is -2.18. The molecule has 1 atom stereocenters. The molecule has 6 nitrogen and oxygen atoms in total. The number of nitrogens with one attached hydrogen (secondary N) is 2. The zero-order valence-electron chi connectivity index (χ0n) is 16.0. The molecular weight excluding hydrogens is 400 g/mol. The second-order valence-electron chi connectivity index (χ2n) is 5.87. The van der Waals surface area contributed by atoms with E-state index in [0.29, 0.717) is 34.2 Å². The first-order valence-electron chi connectivity index (χ1n) is 8.56. The van der Waals surface area contributed by atoms with Crippen LogP contribution in [0.3, 0.4) is 0 Å². The highest BCUT2D eigenvalue weighted by molar-refractivity contribution is 7.98. The molecule has 0 saturated heterocycles. The molecule has 0 fully saturated rings. The average molecular weight is 423 g/mol. The third kappa shape index (κ3) is 6.07.